The summed E-state index contributed by atoms with van der Waals surface area (Å²) in [5, 5.41) is 5.66. The first-order valence-electron chi connectivity index (χ1n) is 7.88. The summed E-state index contributed by atoms with van der Waals surface area (Å²) in [6.45, 7) is 0. The Hall–Kier alpha value is -2.71. The number of rotatable bonds is 5. The van der Waals surface area contributed by atoms with E-state index in [2.05, 4.69) is 15.3 Å². The summed E-state index contributed by atoms with van der Waals surface area (Å²) >= 11 is 2.82. The molecule has 3 aromatic heterocycles. The summed E-state index contributed by atoms with van der Waals surface area (Å²) in [6.07, 6.45) is 1.70. The molecule has 1 aromatic carbocycles. The third kappa shape index (κ3) is 3.61. The Morgan fingerprint density at radius 2 is 2.08 bits per heavy atom. The van der Waals surface area contributed by atoms with E-state index >= 15 is 0 Å². The van der Waals surface area contributed by atoms with Gasteiger partial charge in [0.05, 0.1) is 17.0 Å². The van der Waals surface area contributed by atoms with Crippen molar-refractivity contribution in [2.45, 2.75) is 5.75 Å². The average molecular weight is 382 g/mol. The first-order chi connectivity index (χ1) is 12.7. The predicted octanol–water partition coefficient (Wildman–Crippen LogP) is 3.18. The van der Waals surface area contributed by atoms with Gasteiger partial charge in [-0.2, -0.15) is 0 Å². The maximum absolute atomic E-state index is 12.1. The van der Waals surface area contributed by atoms with Crippen molar-refractivity contribution < 1.29 is 4.79 Å². The number of thioether (sulfide) groups is 1. The highest BCUT2D eigenvalue weighted by atomic mass is 32.2. The number of amides is 1. The third-order valence-electron chi connectivity index (χ3n) is 3.71. The number of benzene rings is 1. The van der Waals surface area contributed by atoms with Crippen molar-refractivity contribution in [2.24, 2.45) is 0 Å². The van der Waals surface area contributed by atoms with Crippen LogP contribution in [-0.2, 0) is 10.5 Å². The number of hydrogen-bond acceptors (Lipinski definition) is 6. The number of fused-ring (bicyclic) bond motifs is 2. The molecule has 3 heterocycles. The smallest absolute Gasteiger partial charge is 0.258 e. The molecule has 0 saturated carbocycles. The van der Waals surface area contributed by atoms with E-state index in [1.54, 1.807) is 12.3 Å². The molecule has 6 nitrogen and oxygen atoms in total. The Balaban J connectivity index is 1.36. The summed E-state index contributed by atoms with van der Waals surface area (Å²) in [5.41, 5.74) is 1.42. The van der Waals surface area contributed by atoms with Crippen LogP contribution < -0.4 is 10.9 Å². The Morgan fingerprint density at radius 3 is 3.00 bits per heavy atom. The zero-order chi connectivity index (χ0) is 17.9. The van der Waals surface area contributed by atoms with Crippen molar-refractivity contribution in [3.05, 3.63) is 70.1 Å². The van der Waals surface area contributed by atoms with Gasteiger partial charge in [0, 0.05) is 28.8 Å². The number of nitrogens with one attached hydrogen (secondary N) is 1. The van der Waals surface area contributed by atoms with Crippen molar-refractivity contribution >= 4 is 50.7 Å². The van der Waals surface area contributed by atoms with Gasteiger partial charge in [0.25, 0.3) is 5.56 Å². The molecule has 4 rings (SSSR count). The molecule has 0 radical (unpaired) electrons. The highest BCUT2D eigenvalue weighted by Gasteiger charge is 2.07. The van der Waals surface area contributed by atoms with Crippen LogP contribution in [0.3, 0.4) is 0 Å². The quantitative estimate of drug-likeness (QED) is 0.574. The van der Waals surface area contributed by atoms with Crippen LogP contribution in [0.2, 0.25) is 0 Å². The van der Waals surface area contributed by atoms with Gasteiger partial charge in [-0.1, -0.05) is 18.2 Å². The number of nitrogens with zero attached hydrogens (tertiary/aromatic N) is 3. The number of carbonyl (C=O) groups excluding carboxylic acids is 1. The fourth-order valence-corrected chi connectivity index (χ4v) is 3.98. The van der Waals surface area contributed by atoms with E-state index in [0.29, 0.717) is 22.2 Å². The van der Waals surface area contributed by atoms with Crippen LogP contribution in [-0.4, -0.2) is 26.0 Å². The molecule has 0 spiro atoms. The van der Waals surface area contributed by atoms with Gasteiger partial charge in [0.1, 0.15) is 5.82 Å². The summed E-state index contributed by atoms with van der Waals surface area (Å²) in [6, 6.07) is 13.0. The number of carbonyl (C=O) groups is 1. The van der Waals surface area contributed by atoms with Gasteiger partial charge >= 0.3 is 0 Å². The van der Waals surface area contributed by atoms with Gasteiger partial charge in [-0.05, 0) is 18.2 Å². The summed E-state index contributed by atoms with van der Waals surface area (Å²) in [5.74, 6) is 1.17. The van der Waals surface area contributed by atoms with Gasteiger partial charge in [-0.15, -0.1) is 23.1 Å². The molecule has 0 fully saturated rings. The third-order valence-corrected chi connectivity index (χ3v) is 5.43. The molecule has 0 atom stereocenters. The lowest BCUT2D eigenvalue weighted by molar-refractivity contribution is -0.113. The summed E-state index contributed by atoms with van der Waals surface area (Å²) in [7, 11) is 0. The first-order valence-corrected chi connectivity index (χ1v) is 9.92. The zero-order valence-electron chi connectivity index (χ0n) is 13.6. The van der Waals surface area contributed by atoms with Crippen molar-refractivity contribution in [1.82, 2.24) is 14.4 Å². The van der Waals surface area contributed by atoms with Crippen LogP contribution in [0.25, 0.3) is 15.9 Å². The zero-order valence-corrected chi connectivity index (χ0v) is 15.2. The SMILES string of the molecule is O=C(CSCc1cc(=O)n2ccsc2n1)Nc1ccc2ccccc2n1. The van der Waals surface area contributed by atoms with E-state index in [4.69, 9.17) is 0 Å². The monoisotopic (exact) mass is 382 g/mol. The van der Waals surface area contributed by atoms with E-state index in [1.807, 2.05) is 35.7 Å². The predicted molar refractivity (Wildman–Crippen MR) is 106 cm³/mol. The van der Waals surface area contributed by atoms with E-state index < -0.39 is 0 Å². The number of hydrogen-bond donors (Lipinski definition) is 1. The topological polar surface area (TPSA) is 76.4 Å². The molecule has 8 heteroatoms. The average Bonchev–Trinajstić information content (AvgIpc) is 3.11. The fraction of sp³-hybridized carbons (Fsp3) is 0.111. The highest BCUT2D eigenvalue weighted by molar-refractivity contribution is 7.99. The largest absolute Gasteiger partial charge is 0.310 e. The standard InChI is InChI=1S/C18H14N4O2S2/c23-16(21-15-6-5-12-3-1-2-4-14(12)20-15)11-25-10-13-9-17(24)22-7-8-26-18(22)19-13/h1-9H,10-11H2,(H,20,21,23). The highest BCUT2D eigenvalue weighted by Crippen LogP contribution is 2.16. The van der Waals surface area contributed by atoms with Crippen molar-refractivity contribution in [2.75, 3.05) is 11.1 Å². The van der Waals surface area contributed by atoms with Crippen LogP contribution in [0.4, 0.5) is 5.82 Å². The lowest BCUT2D eigenvalue weighted by Crippen LogP contribution is -2.16. The molecule has 1 N–H and O–H groups in total. The van der Waals surface area contributed by atoms with Crippen LogP contribution in [0, 0.1) is 0 Å². The number of para-hydroxylation sites is 1. The van der Waals surface area contributed by atoms with Gasteiger partial charge in [-0.3, -0.25) is 14.0 Å². The maximum atomic E-state index is 12.1. The van der Waals surface area contributed by atoms with Gasteiger partial charge in [0.2, 0.25) is 5.91 Å². The molecular formula is C18H14N4O2S2. The second-order valence-electron chi connectivity index (χ2n) is 5.57. The van der Waals surface area contributed by atoms with Crippen LogP contribution >= 0.6 is 23.1 Å². The lowest BCUT2D eigenvalue weighted by atomic mass is 10.2. The van der Waals surface area contributed by atoms with Crippen LogP contribution in [0.15, 0.2) is 58.8 Å². The molecular weight excluding hydrogens is 368 g/mol. The molecule has 26 heavy (non-hydrogen) atoms. The van der Waals surface area contributed by atoms with Crippen LogP contribution in [0.1, 0.15) is 5.69 Å². The Labute approximate surface area is 156 Å². The molecule has 0 aliphatic rings. The number of pyridine rings is 1. The Morgan fingerprint density at radius 1 is 1.19 bits per heavy atom. The lowest BCUT2D eigenvalue weighted by Gasteiger charge is -2.06. The van der Waals surface area contributed by atoms with E-state index in [1.165, 1.54) is 33.6 Å². The van der Waals surface area contributed by atoms with Gasteiger partial charge in [-0.25, -0.2) is 9.97 Å². The number of anilines is 1. The normalized spacial score (nSPS) is 11.1. The summed E-state index contributed by atoms with van der Waals surface area (Å²) < 4.78 is 1.51. The maximum Gasteiger partial charge on any atom is 0.258 e. The molecule has 0 saturated heterocycles. The van der Waals surface area contributed by atoms with E-state index in [-0.39, 0.29) is 17.2 Å². The van der Waals surface area contributed by atoms with Gasteiger partial charge < -0.3 is 5.32 Å². The molecule has 0 bridgehead atoms. The fourth-order valence-electron chi connectivity index (χ4n) is 2.52. The molecule has 0 aliphatic carbocycles. The van der Waals surface area contributed by atoms with Crippen molar-refractivity contribution in [1.29, 1.82) is 0 Å². The molecule has 0 aliphatic heterocycles. The molecule has 4 aromatic rings. The minimum Gasteiger partial charge on any atom is -0.310 e. The van der Waals surface area contributed by atoms with Gasteiger partial charge in [0.15, 0.2) is 4.96 Å². The minimum absolute atomic E-state index is 0.100. The Bertz CT molecular complexity index is 1150. The second kappa shape index (κ2) is 7.27. The van der Waals surface area contributed by atoms with Crippen LogP contribution in [0.5, 0.6) is 0 Å². The van der Waals surface area contributed by atoms with Crippen molar-refractivity contribution in [3.63, 3.8) is 0 Å². The van der Waals surface area contributed by atoms with E-state index in [0.717, 1.165) is 10.9 Å². The minimum atomic E-state index is -0.133. The molecule has 130 valence electrons. The second-order valence-corrected chi connectivity index (χ2v) is 7.43. The Kier molecular flexibility index (Phi) is 4.68. The summed E-state index contributed by atoms with van der Waals surface area (Å²) in [4.78, 5) is 33.6. The number of thiazole rings is 1. The molecule has 1 amide bonds. The molecule has 0 unspecified atom stereocenters. The van der Waals surface area contributed by atoms with E-state index in [9.17, 15) is 9.59 Å². The number of aromatic nitrogens is 3. The first kappa shape index (κ1) is 16.7. The van der Waals surface area contributed by atoms with Crippen molar-refractivity contribution in [3.8, 4) is 0 Å².